The molecule has 0 fully saturated rings. The summed E-state index contributed by atoms with van der Waals surface area (Å²) in [4.78, 5) is 43.8. The zero-order chi connectivity index (χ0) is 27.9. The van der Waals surface area contributed by atoms with Crippen LogP contribution in [0.4, 0.5) is 4.39 Å². The molecule has 2 atom stereocenters. The normalized spacial score (nSPS) is 12.8. The third-order valence-electron chi connectivity index (χ3n) is 6.59. The standard InChI is InChI=1S/C25H29FN6O5S.H2S/c1-13(2)29(5)21(34)15(4)31-22(35)20-14(3)23(32-27-9-10-28-32)38-24(20)30(25(31)36)12-18(33)17-11-16(26)7-8-19(17)37-6;/h7-11,13,15,18,33H,12H2,1-6H3;1H2/t15-,18-;/m0./s1. The number of benzene rings is 1. The number of halogens is 1. The average molecular weight is 579 g/mol. The number of carbonyl (C=O) groups is 1. The van der Waals surface area contributed by atoms with E-state index in [9.17, 15) is 23.9 Å². The van der Waals surface area contributed by atoms with E-state index in [1.54, 1.807) is 14.0 Å². The summed E-state index contributed by atoms with van der Waals surface area (Å²) in [6.45, 7) is 6.51. The van der Waals surface area contributed by atoms with Crippen LogP contribution >= 0.6 is 24.8 Å². The lowest BCUT2D eigenvalue weighted by Gasteiger charge is -2.26. The number of carbonyl (C=O) groups excluding carboxylic acids is 1. The maximum absolute atomic E-state index is 14.0. The van der Waals surface area contributed by atoms with Crippen molar-refractivity contribution in [3.63, 3.8) is 0 Å². The van der Waals surface area contributed by atoms with Crippen molar-refractivity contribution in [3.8, 4) is 10.8 Å². The number of ether oxygens (including phenoxy) is 1. The zero-order valence-electron chi connectivity index (χ0n) is 22.4. The molecule has 0 aliphatic heterocycles. The van der Waals surface area contributed by atoms with Gasteiger partial charge < -0.3 is 14.7 Å². The predicted molar refractivity (Wildman–Crippen MR) is 151 cm³/mol. The number of nitrogens with zero attached hydrogens (tertiary/aromatic N) is 6. The smallest absolute Gasteiger partial charge is 0.332 e. The third-order valence-corrected chi connectivity index (χ3v) is 7.87. The summed E-state index contributed by atoms with van der Waals surface area (Å²) < 4.78 is 21.5. The van der Waals surface area contributed by atoms with Gasteiger partial charge in [0, 0.05) is 24.2 Å². The molecule has 0 unspecified atom stereocenters. The molecule has 0 radical (unpaired) electrons. The van der Waals surface area contributed by atoms with Gasteiger partial charge >= 0.3 is 5.69 Å². The monoisotopic (exact) mass is 578 g/mol. The first kappa shape index (κ1) is 30.1. The van der Waals surface area contributed by atoms with E-state index in [-0.39, 0.29) is 47.6 Å². The van der Waals surface area contributed by atoms with Crippen molar-refractivity contribution < 1.29 is 19.0 Å². The highest BCUT2D eigenvalue weighted by Gasteiger charge is 2.29. The highest BCUT2D eigenvalue weighted by molar-refractivity contribution is 7.59. The number of hydrogen-bond acceptors (Lipinski definition) is 8. The fraction of sp³-hybridized carbons (Fsp3) is 0.400. The van der Waals surface area contributed by atoms with Crippen molar-refractivity contribution >= 4 is 41.0 Å². The molecule has 3 aromatic heterocycles. The van der Waals surface area contributed by atoms with Gasteiger partial charge in [0.05, 0.1) is 31.4 Å². The number of fused-ring (bicyclic) bond motifs is 1. The molecular weight excluding hydrogens is 547 g/mol. The third kappa shape index (κ3) is 5.36. The fourth-order valence-electron chi connectivity index (χ4n) is 4.26. The number of aliphatic hydroxyl groups excluding tert-OH is 1. The summed E-state index contributed by atoms with van der Waals surface area (Å²) in [5.74, 6) is -0.765. The van der Waals surface area contributed by atoms with E-state index in [4.69, 9.17) is 4.74 Å². The molecule has 0 aliphatic rings. The Morgan fingerprint density at radius 2 is 1.85 bits per heavy atom. The number of aromatic nitrogens is 5. The number of methoxy groups -OCH3 is 1. The van der Waals surface area contributed by atoms with Gasteiger partial charge in [-0.3, -0.25) is 14.2 Å². The van der Waals surface area contributed by atoms with Gasteiger partial charge in [-0.25, -0.2) is 13.8 Å². The van der Waals surface area contributed by atoms with E-state index >= 15 is 0 Å². The van der Waals surface area contributed by atoms with E-state index in [2.05, 4.69) is 10.2 Å². The molecule has 0 saturated heterocycles. The van der Waals surface area contributed by atoms with Gasteiger partial charge in [-0.05, 0) is 45.9 Å². The van der Waals surface area contributed by atoms with Crippen molar-refractivity contribution in [1.82, 2.24) is 29.0 Å². The van der Waals surface area contributed by atoms with Crippen LogP contribution in [0.5, 0.6) is 5.75 Å². The first-order valence-corrected chi connectivity index (χ1v) is 12.7. The Hall–Kier alpha value is -3.49. The molecule has 3 heterocycles. The van der Waals surface area contributed by atoms with Gasteiger partial charge in [-0.15, -0.1) is 4.80 Å². The van der Waals surface area contributed by atoms with E-state index in [0.29, 0.717) is 10.6 Å². The minimum atomic E-state index is -1.37. The molecule has 0 saturated carbocycles. The van der Waals surface area contributed by atoms with Crippen molar-refractivity contribution in [1.29, 1.82) is 0 Å². The van der Waals surface area contributed by atoms with Gasteiger partial charge in [0.1, 0.15) is 33.5 Å². The van der Waals surface area contributed by atoms with E-state index < -0.39 is 35.1 Å². The number of hydrogen-bond donors (Lipinski definition) is 1. The molecule has 11 nitrogen and oxygen atoms in total. The maximum Gasteiger partial charge on any atom is 0.332 e. The minimum Gasteiger partial charge on any atom is -0.496 e. The molecule has 39 heavy (non-hydrogen) atoms. The summed E-state index contributed by atoms with van der Waals surface area (Å²) in [6, 6.07) is 2.43. The summed E-state index contributed by atoms with van der Waals surface area (Å²) in [6.07, 6.45) is 1.60. The van der Waals surface area contributed by atoms with Crippen molar-refractivity contribution in [2.24, 2.45) is 0 Å². The number of thiophene rings is 1. The highest BCUT2D eigenvalue weighted by atomic mass is 32.1. The highest BCUT2D eigenvalue weighted by Crippen LogP contribution is 2.32. The lowest BCUT2D eigenvalue weighted by molar-refractivity contribution is -0.134. The number of aryl methyl sites for hydroxylation is 1. The summed E-state index contributed by atoms with van der Waals surface area (Å²) in [7, 11) is 2.99. The summed E-state index contributed by atoms with van der Waals surface area (Å²) >= 11 is 1.10. The quantitative estimate of drug-likeness (QED) is 0.341. The van der Waals surface area contributed by atoms with Crippen LogP contribution in [0.15, 0.2) is 40.2 Å². The van der Waals surface area contributed by atoms with Gasteiger partial charge in [-0.2, -0.15) is 23.7 Å². The van der Waals surface area contributed by atoms with Gasteiger partial charge in [0.15, 0.2) is 0 Å². The number of amides is 1. The minimum absolute atomic E-state index is 0. The average Bonchev–Trinajstić information content (AvgIpc) is 3.53. The van der Waals surface area contributed by atoms with Crippen molar-refractivity contribution in [3.05, 3.63) is 68.4 Å². The molecule has 0 bridgehead atoms. The van der Waals surface area contributed by atoms with Crippen LogP contribution in [0.1, 0.15) is 44.0 Å². The Morgan fingerprint density at radius 3 is 2.44 bits per heavy atom. The molecule has 14 heteroatoms. The SMILES string of the molecule is COc1ccc(F)cc1[C@@H](O)Cn1c(=O)n([C@@H](C)C(=O)N(C)C(C)C)c(=O)c2c(C)c(-n3nccn3)sc21.S. The van der Waals surface area contributed by atoms with Crippen molar-refractivity contribution in [2.75, 3.05) is 14.2 Å². The second-order valence-electron chi connectivity index (χ2n) is 9.22. The Kier molecular flexibility index (Phi) is 9.03. The Balaban J connectivity index is 0.00000420. The Morgan fingerprint density at radius 1 is 1.21 bits per heavy atom. The van der Waals surface area contributed by atoms with E-state index in [1.807, 2.05) is 13.8 Å². The van der Waals surface area contributed by atoms with E-state index in [0.717, 1.165) is 22.0 Å². The molecule has 1 aromatic carbocycles. The van der Waals surface area contributed by atoms with Crippen LogP contribution in [0.25, 0.3) is 15.2 Å². The first-order chi connectivity index (χ1) is 18.0. The van der Waals surface area contributed by atoms with Gasteiger partial charge in [0.2, 0.25) is 5.91 Å². The lowest BCUT2D eigenvalue weighted by Crippen LogP contribution is -2.47. The van der Waals surface area contributed by atoms with Crippen LogP contribution in [0.2, 0.25) is 0 Å². The second kappa shape index (κ2) is 11.7. The number of aliphatic hydroxyl groups is 1. The predicted octanol–water partition coefficient (Wildman–Crippen LogP) is 2.54. The molecule has 4 aromatic rings. The van der Waals surface area contributed by atoms with Crippen LogP contribution in [-0.4, -0.2) is 60.2 Å². The topological polar surface area (TPSA) is 124 Å². The maximum atomic E-state index is 14.0. The fourth-order valence-corrected chi connectivity index (χ4v) is 5.48. The number of likely N-dealkylation sites (N-methyl/N-ethyl adjacent to an activating group) is 1. The van der Waals surface area contributed by atoms with Crippen molar-refractivity contribution in [2.45, 2.75) is 52.4 Å². The Bertz CT molecular complexity index is 1610. The largest absolute Gasteiger partial charge is 0.496 e. The lowest BCUT2D eigenvalue weighted by atomic mass is 10.1. The molecule has 4 rings (SSSR count). The van der Waals surface area contributed by atoms with Crippen LogP contribution < -0.4 is 16.0 Å². The molecular formula is C25H31FN6O5S2. The van der Waals surface area contributed by atoms with Crippen LogP contribution in [-0.2, 0) is 11.3 Å². The molecule has 210 valence electrons. The van der Waals surface area contributed by atoms with Gasteiger partial charge in [-0.1, -0.05) is 11.3 Å². The second-order valence-corrected chi connectivity index (χ2v) is 10.2. The Labute approximate surface area is 234 Å². The van der Waals surface area contributed by atoms with Gasteiger partial charge in [0.25, 0.3) is 5.56 Å². The molecule has 0 spiro atoms. The summed E-state index contributed by atoms with van der Waals surface area (Å²) in [5, 5.41) is 20.1. The summed E-state index contributed by atoms with van der Waals surface area (Å²) in [5.41, 5.74) is -0.764. The van der Waals surface area contributed by atoms with E-state index in [1.165, 1.54) is 52.8 Å². The van der Waals surface area contributed by atoms with Crippen LogP contribution in [0, 0.1) is 12.7 Å². The zero-order valence-corrected chi connectivity index (χ0v) is 24.2. The molecule has 1 N–H and O–H groups in total. The van der Waals surface area contributed by atoms with Crippen LogP contribution in [0.3, 0.4) is 0 Å². The molecule has 0 aliphatic carbocycles. The molecule has 1 amide bonds. The first-order valence-electron chi connectivity index (χ1n) is 11.9. The number of rotatable bonds is 8.